The fourth-order valence-electron chi connectivity index (χ4n) is 4.32. The Bertz CT molecular complexity index is 1310. The van der Waals surface area contributed by atoms with Crippen LogP contribution in [0.4, 0.5) is 0 Å². The standard InChI is InChI=1S/C22H22N4O2S/c1-25-19-11-3-2-10-18(19)24-22(25)17-9-6-14-26(15-17)29(27,28)20-12-4-7-16-8-5-13-23-21(16)20/h2-5,7-8,10-13,17H,6,9,14-15H2,1H3. The molecule has 1 unspecified atom stereocenters. The maximum absolute atomic E-state index is 13.5. The summed E-state index contributed by atoms with van der Waals surface area (Å²) in [5, 5.41) is 0.831. The fraction of sp³-hybridized carbons (Fsp3) is 0.273. The number of para-hydroxylation sites is 3. The summed E-state index contributed by atoms with van der Waals surface area (Å²) in [6.07, 6.45) is 3.38. The van der Waals surface area contributed by atoms with Gasteiger partial charge in [-0.15, -0.1) is 0 Å². The van der Waals surface area contributed by atoms with Gasteiger partial charge in [-0.3, -0.25) is 4.98 Å². The molecule has 4 aromatic rings. The van der Waals surface area contributed by atoms with Crippen LogP contribution >= 0.6 is 0 Å². The van der Waals surface area contributed by atoms with Crippen LogP contribution in [0.3, 0.4) is 0 Å². The van der Waals surface area contributed by atoms with Crippen molar-refractivity contribution in [3.63, 3.8) is 0 Å². The van der Waals surface area contributed by atoms with Crippen LogP contribution in [0.15, 0.2) is 65.7 Å². The molecule has 1 atom stereocenters. The van der Waals surface area contributed by atoms with E-state index in [1.165, 1.54) is 0 Å². The van der Waals surface area contributed by atoms with Gasteiger partial charge in [0.2, 0.25) is 10.0 Å². The van der Waals surface area contributed by atoms with Crippen molar-refractivity contribution in [2.24, 2.45) is 7.05 Å². The third kappa shape index (κ3) is 3.01. The van der Waals surface area contributed by atoms with E-state index in [1.54, 1.807) is 22.6 Å². The number of hydrogen-bond acceptors (Lipinski definition) is 4. The van der Waals surface area contributed by atoms with Gasteiger partial charge in [-0.1, -0.05) is 30.3 Å². The molecule has 6 nitrogen and oxygen atoms in total. The van der Waals surface area contributed by atoms with Crippen molar-refractivity contribution in [3.05, 3.63) is 66.6 Å². The Kier molecular flexibility index (Phi) is 4.37. The van der Waals surface area contributed by atoms with Crippen molar-refractivity contribution in [1.82, 2.24) is 18.8 Å². The number of aromatic nitrogens is 3. The van der Waals surface area contributed by atoms with Gasteiger partial charge in [-0.05, 0) is 37.1 Å². The van der Waals surface area contributed by atoms with Crippen molar-refractivity contribution in [2.45, 2.75) is 23.7 Å². The quantitative estimate of drug-likeness (QED) is 0.520. The minimum atomic E-state index is -3.64. The Labute approximate surface area is 169 Å². The highest BCUT2D eigenvalue weighted by Gasteiger charge is 2.33. The van der Waals surface area contributed by atoms with Crippen LogP contribution < -0.4 is 0 Å². The molecule has 5 rings (SSSR count). The highest BCUT2D eigenvalue weighted by atomic mass is 32.2. The lowest BCUT2D eigenvalue weighted by Gasteiger charge is -2.31. The summed E-state index contributed by atoms with van der Waals surface area (Å²) in [5.74, 6) is 1.01. The van der Waals surface area contributed by atoms with E-state index >= 15 is 0 Å². The minimum absolute atomic E-state index is 0.0684. The molecule has 0 aliphatic carbocycles. The first-order chi connectivity index (χ1) is 14.1. The molecule has 1 aliphatic rings. The van der Waals surface area contributed by atoms with Crippen LogP contribution in [0.25, 0.3) is 21.9 Å². The van der Waals surface area contributed by atoms with Crippen LogP contribution in [0.1, 0.15) is 24.6 Å². The van der Waals surface area contributed by atoms with Crippen molar-refractivity contribution >= 4 is 32.0 Å². The van der Waals surface area contributed by atoms with Gasteiger partial charge in [0.05, 0.1) is 16.6 Å². The fourth-order valence-corrected chi connectivity index (χ4v) is 6.01. The zero-order valence-electron chi connectivity index (χ0n) is 16.2. The van der Waals surface area contributed by atoms with E-state index in [0.29, 0.717) is 18.6 Å². The SMILES string of the molecule is Cn1c(C2CCCN(S(=O)(=O)c3cccc4cccnc34)C2)nc2ccccc21. The van der Waals surface area contributed by atoms with Gasteiger partial charge in [0, 0.05) is 37.6 Å². The number of fused-ring (bicyclic) bond motifs is 2. The maximum Gasteiger partial charge on any atom is 0.245 e. The molecular formula is C22H22N4O2S. The van der Waals surface area contributed by atoms with E-state index in [-0.39, 0.29) is 10.8 Å². The number of nitrogens with zero attached hydrogens (tertiary/aromatic N) is 4. The summed E-state index contributed by atoms with van der Waals surface area (Å²) in [6, 6.07) is 17.1. The molecule has 0 N–H and O–H groups in total. The average Bonchev–Trinajstić information content (AvgIpc) is 3.10. The molecule has 0 amide bonds. The zero-order valence-corrected chi connectivity index (χ0v) is 17.0. The van der Waals surface area contributed by atoms with Gasteiger partial charge >= 0.3 is 0 Å². The number of sulfonamides is 1. The van der Waals surface area contributed by atoms with Gasteiger partial charge in [-0.2, -0.15) is 4.31 Å². The second kappa shape index (κ2) is 6.93. The smallest absolute Gasteiger partial charge is 0.245 e. The number of imidazole rings is 1. The van der Waals surface area contributed by atoms with Crippen LogP contribution in [0.5, 0.6) is 0 Å². The lowest BCUT2D eigenvalue weighted by atomic mass is 9.99. The van der Waals surface area contributed by atoms with Gasteiger partial charge in [-0.25, -0.2) is 13.4 Å². The molecule has 0 saturated carbocycles. The Morgan fingerprint density at radius 2 is 1.86 bits per heavy atom. The molecule has 1 fully saturated rings. The minimum Gasteiger partial charge on any atom is -0.331 e. The van der Waals surface area contributed by atoms with Crippen molar-refractivity contribution in [1.29, 1.82) is 0 Å². The van der Waals surface area contributed by atoms with Crippen LogP contribution in [0, 0.1) is 0 Å². The normalized spacial score (nSPS) is 18.4. The Morgan fingerprint density at radius 1 is 1.03 bits per heavy atom. The highest BCUT2D eigenvalue weighted by Crippen LogP contribution is 2.32. The molecule has 2 aromatic carbocycles. The van der Waals surface area contributed by atoms with Crippen LogP contribution in [0.2, 0.25) is 0 Å². The van der Waals surface area contributed by atoms with Crippen molar-refractivity contribution in [2.75, 3.05) is 13.1 Å². The monoisotopic (exact) mass is 406 g/mol. The van der Waals surface area contributed by atoms with Gasteiger partial charge in [0.25, 0.3) is 0 Å². The first-order valence-electron chi connectivity index (χ1n) is 9.81. The topological polar surface area (TPSA) is 68.1 Å². The molecule has 0 radical (unpaired) electrons. The number of rotatable bonds is 3. The predicted octanol–water partition coefficient (Wildman–Crippen LogP) is 3.69. The third-order valence-corrected chi connectivity index (χ3v) is 7.68. The summed E-state index contributed by atoms with van der Waals surface area (Å²) in [4.78, 5) is 9.42. The van der Waals surface area contributed by atoms with E-state index in [0.717, 1.165) is 35.1 Å². The summed E-state index contributed by atoms with van der Waals surface area (Å²) in [5.41, 5.74) is 2.55. The number of pyridine rings is 1. The van der Waals surface area contributed by atoms with E-state index < -0.39 is 10.0 Å². The third-order valence-electron chi connectivity index (χ3n) is 5.78. The Balaban J connectivity index is 1.52. The molecule has 2 aromatic heterocycles. The molecule has 1 saturated heterocycles. The molecule has 29 heavy (non-hydrogen) atoms. The zero-order chi connectivity index (χ0) is 20.0. The Morgan fingerprint density at radius 3 is 2.72 bits per heavy atom. The second-order valence-corrected chi connectivity index (χ2v) is 9.46. The first-order valence-corrected chi connectivity index (χ1v) is 11.2. The van der Waals surface area contributed by atoms with Gasteiger partial charge < -0.3 is 4.57 Å². The number of benzene rings is 2. The molecular weight excluding hydrogens is 384 g/mol. The van der Waals surface area contributed by atoms with Gasteiger partial charge in [0.15, 0.2) is 0 Å². The summed E-state index contributed by atoms with van der Waals surface area (Å²) < 4.78 is 30.7. The summed E-state index contributed by atoms with van der Waals surface area (Å²) >= 11 is 0. The summed E-state index contributed by atoms with van der Waals surface area (Å²) in [6.45, 7) is 0.953. The number of piperidine rings is 1. The first kappa shape index (κ1) is 18.3. The molecule has 0 bridgehead atoms. The molecule has 1 aliphatic heterocycles. The summed E-state index contributed by atoms with van der Waals surface area (Å²) in [7, 11) is -1.63. The second-order valence-electron chi connectivity index (χ2n) is 7.55. The predicted molar refractivity (Wildman–Crippen MR) is 113 cm³/mol. The Hall–Kier alpha value is -2.77. The van der Waals surface area contributed by atoms with Crippen LogP contribution in [-0.4, -0.2) is 40.3 Å². The molecule has 148 valence electrons. The molecule has 0 spiro atoms. The van der Waals surface area contributed by atoms with Crippen molar-refractivity contribution in [3.8, 4) is 0 Å². The largest absolute Gasteiger partial charge is 0.331 e. The van der Waals surface area contributed by atoms with E-state index in [4.69, 9.17) is 4.98 Å². The number of aryl methyl sites for hydroxylation is 1. The van der Waals surface area contributed by atoms with Crippen molar-refractivity contribution < 1.29 is 8.42 Å². The molecule has 7 heteroatoms. The van der Waals surface area contributed by atoms with E-state index in [2.05, 4.69) is 9.55 Å². The van der Waals surface area contributed by atoms with E-state index in [1.807, 2.05) is 49.5 Å². The van der Waals surface area contributed by atoms with Gasteiger partial charge in [0.1, 0.15) is 10.7 Å². The van der Waals surface area contributed by atoms with E-state index in [9.17, 15) is 8.42 Å². The average molecular weight is 407 g/mol. The lowest BCUT2D eigenvalue weighted by molar-refractivity contribution is 0.307. The lowest BCUT2D eigenvalue weighted by Crippen LogP contribution is -2.39. The highest BCUT2D eigenvalue weighted by molar-refractivity contribution is 7.89. The van der Waals surface area contributed by atoms with Crippen LogP contribution in [-0.2, 0) is 17.1 Å². The molecule has 3 heterocycles. The number of hydrogen-bond donors (Lipinski definition) is 0. The maximum atomic E-state index is 13.5.